The van der Waals surface area contributed by atoms with Gasteiger partial charge in [-0.3, -0.25) is 4.79 Å². The Bertz CT molecular complexity index is 587. The number of amides is 1. The molecule has 1 aliphatic rings. The molecule has 0 radical (unpaired) electrons. The summed E-state index contributed by atoms with van der Waals surface area (Å²) in [6.45, 7) is 7.62. The number of rotatable bonds is 9. The van der Waals surface area contributed by atoms with Crippen LogP contribution in [0.3, 0.4) is 0 Å². The zero-order valence-electron chi connectivity index (χ0n) is 16.1. The molecule has 0 aliphatic carbocycles. The number of carbonyl (C=O) groups excluding carboxylic acids is 1. The van der Waals surface area contributed by atoms with Crippen molar-refractivity contribution in [2.45, 2.75) is 39.5 Å². The third-order valence-corrected chi connectivity index (χ3v) is 4.99. The van der Waals surface area contributed by atoms with Gasteiger partial charge in [-0.2, -0.15) is 0 Å². The van der Waals surface area contributed by atoms with Gasteiger partial charge in [0, 0.05) is 18.7 Å². The molecule has 1 N–H and O–H groups in total. The van der Waals surface area contributed by atoms with Gasteiger partial charge in [0.05, 0.1) is 18.2 Å². The fourth-order valence-electron chi connectivity index (χ4n) is 3.25. The Balaban J connectivity index is 2.09. The molecule has 1 aromatic carbocycles. The Kier molecular flexibility index (Phi) is 8.52. The summed E-state index contributed by atoms with van der Waals surface area (Å²) in [7, 11) is 1.98. The zero-order chi connectivity index (χ0) is 18.9. The monoisotopic (exact) mass is 382 g/mol. The molecule has 5 nitrogen and oxygen atoms in total. The summed E-state index contributed by atoms with van der Waals surface area (Å²) in [5.74, 6) is 1.78. The first-order valence-corrected chi connectivity index (χ1v) is 10.0. The summed E-state index contributed by atoms with van der Waals surface area (Å²) < 4.78 is 11.4. The smallest absolute Gasteiger partial charge is 0.254 e. The summed E-state index contributed by atoms with van der Waals surface area (Å²) in [6.07, 6.45) is 4.15. The number of piperidine rings is 1. The number of nitrogens with one attached hydrogen (secondary N) is 1. The molecule has 1 saturated heterocycles. The predicted molar refractivity (Wildman–Crippen MR) is 106 cm³/mol. The molecule has 1 aromatic rings. The van der Waals surface area contributed by atoms with Crippen molar-refractivity contribution in [1.82, 2.24) is 10.2 Å². The van der Waals surface area contributed by atoms with Gasteiger partial charge in [0.2, 0.25) is 0 Å². The SMILES string of the molecule is CCCOc1c(Cl)cc(C(=O)N2CCC(CCNC)CC2)cc1OCC. The highest BCUT2D eigenvalue weighted by molar-refractivity contribution is 6.32. The summed E-state index contributed by atoms with van der Waals surface area (Å²) in [6, 6.07) is 3.46. The van der Waals surface area contributed by atoms with Gasteiger partial charge in [0.25, 0.3) is 5.91 Å². The molecule has 0 aromatic heterocycles. The van der Waals surface area contributed by atoms with Crippen molar-refractivity contribution in [1.29, 1.82) is 0 Å². The number of hydrogen-bond donors (Lipinski definition) is 1. The van der Waals surface area contributed by atoms with Crippen LogP contribution in [0, 0.1) is 5.92 Å². The maximum absolute atomic E-state index is 12.9. The lowest BCUT2D eigenvalue weighted by Crippen LogP contribution is -2.39. The number of hydrogen-bond acceptors (Lipinski definition) is 4. The second-order valence-corrected chi connectivity index (χ2v) is 7.10. The van der Waals surface area contributed by atoms with Gasteiger partial charge in [-0.1, -0.05) is 18.5 Å². The number of nitrogens with zero attached hydrogens (tertiary/aromatic N) is 1. The number of benzene rings is 1. The van der Waals surface area contributed by atoms with E-state index in [4.69, 9.17) is 21.1 Å². The minimum atomic E-state index is 0.0157. The standard InChI is InChI=1S/C20H31ClN2O3/c1-4-12-26-19-17(21)13-16(14-18(19)25-5-2)20(24)23-10-7-15(8-11-23)6-9-22-3/h13-15,22H,4-12H2,1-3H3. The van der Waals surface area contributed by atoms with Crippen LogP contribution in [0.4, 0.5) is 0 Å². The predicted octanol–water partition coefficient (Wildman–Crippen LogP) is 3.99. The highest BCUT2D eigenvalue weighted by Crippen LogP contribution is 2.37. The molecule has 146 valence electrons. The molecule has 1 aliphatic heterocycles. The molecule has 0 spiro atoms. The summed E-state index contributed by atoms with van der Waals surface area (Å²) in [4.78, 5) is 14.8. The molecule has 1 amide bonds. The maximum atomic E-state index is 12.9. The van der Waals surface area contributed by atoms with Crippen molar-refractivity contribution >= 4 is 17.5 Å². The molecule has 0 unspecified atom stereocenters. The quantitative estimate of drug-likeness (QED) is 0.701. The largest absolute Gasteiger partial charge is 0.490 e. The van der Waals surface area contributed by atoms with E-state index in [0.29, 0.717) is 41.2 Å². The molecular weight excluding hydrogens is 352 g/mol. The molecular formula is C20H31ClN2O3. The van der Waals surface area contributed by atoms with Gasteiger partial charge < -0.3 is 19.7 Å². The molecule has 6 heteroatoms. The van der Waals surface area contributed by atoms with Gasteiger partial charge in [0.15, 0.2) is 11.5 Å². The minimum absolute atomic E-state index is 0.0157. The van der Waals surface area contributed by atoms with E-state index in [9.17, 15) is 4.79 Å². The van der Waals surface area contributed by atoms with Crippen molar-refractivity contribution in [2.75, 3.05) is 39.9 Å². The van der Waals surface area contributed by atoms with Gasteiger partial charge in [-0.25, -0.2) is 0 Å². The number of halogens is 1. The lowest BCUT2D eigenvalue weighted by molar-refractivity contribution is 0.0686. The Hall–Kier alpha value is -1.46. The third-order valence-electron chi connectivity index (χ3n) is 4.71. The van der Waals surface area contributed by atoms with Crippen LogP contribution in [0.15, 0.2) is 12.1 Å². The van der Waals surface area contributed by atoms with Crippen LogP contribution in [0.5, 0.6) is 11.5 Å². The van der Waals surface area contributed by atoms with Gasteiger partial charge >= 0.3 is 0 Å². The summed E-state index contributed by atoms with van der Waals surface area (Å²) in [5.41, 5.74) is 0.566. The molecule has 2 rings (SSSR count). The fraction of sp³-hybridized carbons (Fsp3) is 0.650. The molecule has 0 bridgehead atoms. The van der Waals surface area contributed by atoms with Crippen molar-refractivity contribution in [3.05, 3.63) is 22.7 Å². The van der Waals surface area contributed by atoms with Crippen LogP contribution in [0.1, 0.15) is 49.9 Å². The Labute approximate surface area is 162 Å². The van der Waals surface area contributed by atoms with E-state index in [-0.39, 0.29) is 5.91 Å². The van der Waals surface area contributed by atoms with Crippen LogP contribution in [0.25, 0.3) is 0 Å². The zero-order valence-corrected chi connectivity index (χ0v) is 16.9. The van der Waals surface area contributed by atoms with Gasteiger partial charge in [-0.15, -0.1) is 0 Å². The van der Waals surface area contributed by atoms with E-state index in [1.165, 1.54) is 6.42 Å². The number of ether oxygens (including phenoxy) is 2. The van der Waals surface area contributed by atoms with E-state index in [0.717, 1.165) is 38.9 Å². The highest BCUT2D eigenvalue weighted by atomic mass is 35.5. The average Bonchev–Trinajstić information content (AvgIpc) is 2.65. The van der Waals surface area contributed by atoms with Gasteiger partial charge in [0.1, 0.15) is 0 Å². The second-order valence-electron chi connectivity index (χ2n) is 6.69. The number of likely N-dealkylation sites (tertiary alicyclic amines) is 1. The second kappa shape index (κ2) is 10.6. The first-order valence-electron chi connectivity index (χ1n) is 9.63. The molecule has 0 saturated carbocycles. The summed E-state index contributed by atoms with van der Waals surface area (Å²) in [5, 5.41) is 3.63. The van der Waals surface area contributed by atoms with Crippen molar-refractivity contribution < 1.29 is 14.3 Å². The fourth-order valence-corrected chi connectivity index (χ4v) is 3.52. The minimum Gasteiger partial charge on any atom is -0.490 e. The van der Waals surface area contributed by atoms with E-state index in [2.05, 4.69) is 5.32 Å². The Morgan fingerprint density at radius 1 is 1.27 bits per heavy atom. The van der Waals surface area contributed by atoms with Crippen molar-refractivity contribution in [3.63, 3.8) is 0 Å². The molecule has 26 heavy (non-hydrogen) atoms. The van der Waals surface area contributed by atoms with Crippen LogP contribution in [-0.4, -0.2) is 50.7 Å². The first-order chi connectivity index (χ1) is 12.6. The maximum Gasteiger partial charge on any atom is 0.254 e. The number of carbonyl (C=O) groups is 1. The first kappa shape index (κ1) is 20.8. The average molecular weight is 383 g/mol. The van der Waals surface area contributed by atoms with Gasteiger partial charge in [-0.05, 0) is 64.3 Å². The normalized spacial score (nSPS) is 15.2. The molecule has 1 fully saturated rings. The lowest BCUT2D eigenvalue weighted by Gasteiger charge is -2.32. The van der Waals surface area contributed by atoms with Crippen LogP contribution < -0.4 is 14.8 Å². The van der Waals surface area contributed by atoms with E-state index < -0.39 is 0 Å². The van der Waals surface area contributed by atoms with Crippen LogP contribution >= 0.6 is 11.6 Å². The van der Waals surface area contributed by atoms with Crippen LogP contribution in [0.2, 0.25) is 5.02 Å². The summed E-state index contributed by atoms with van der Waals surface area (Å²) >= 11 is 6.39. The van der Waals surface area contributed by atoms with E-state index in [1.54, 1.807) is 12.1 Å². The Morgan fingerprint density at radius 3 is 2.62 bits per heavy atom. The van der Waals surface area contributed by atoms with E-state index in [1.807, 2.05) is 25.8 Å². The third kappa shape index (κ3) is 5.52. The Morgan fingerprint density at radius 2 is 2.00 bits per heavy atom. The molecule has 0 atom stereocenters. The topological polar surface area (TPSA) is 50.8 Å². The van der Waals surface area contributed by atoms with Crippen molar-refractivity contribution in [2.24, 2.45) is 5.92 Å². The van der Waals surface area contributed by atoms with E-state index >= 15 is 0 Å². The molecule has 1 heterocycles. The van der Waals surface area contributed by atoms with Crippen LogP contribution in [-0.2, 0) is 0 Å². The highest BCUT2D eigenvalue weighted by Gasteiger charge is 2.25. The lowest BCUT2D eigenvalue weighted by atomic mass is 9.93. The van der Waals surface area contributed by atoms with Crippen molar-refractivity contribution in [3.8, 4) is 11.5 Å².